The summed E-state index contributed by atoms with van der Waals surface area (Å²) in [4.78, 5) is 0. The first-order valence-electron chi connectivity index (χ1n) is 10.2. The molecule has 0 unspecified atom stereocenters. The Kier molecular flexibility index (Phi) is 10.2. The van der Waals surface area contributed by atoms with E-state index >= 15 is 0 Å². The molecule has 0 aromatic heterocycles. The zero-order valence-electron chi connectivity index (χ0n) is 18.1. The van der Waals surface area contributed by atoms with Crippen molar-refractivity contribution < 1.29 is 69.0 Å². The SMILES string of the molecule is C.C.FC(F)(OCCOc1ccc2c(c1)OCO2)OC(F)(F)C(F)(F)OCCOc1ccc2c(c1)OCO2. The lowest BCUT2D eigenvalue weighted by atomic mass is 10.3. The third-order valence-corrected chi connectivity index (χ3v) is 4.53. The molecule has 0 aliphatic carbocycles. The second-order valence-electron chi connectivity index (χ2n) is 7.02. The van der Waals surface area contributed by atoms with Crippen LogP contribution in [-0.2, 0) is 14.2 Å². The van der Waals surface area contributed by atoms with Crippen LogP contribution < -0.4 is 28.4 Å². The maximum absolute atomic E-state index is 13.7. The number of rotatable bonds is 13. The van der Waals surface area contributed by atoms with E-state index in [-0.39, 0.29) is 39.9 Å². The lowest BCUT2D eigenvalue weighted by Gasteiger charge is -2.28. The Balaban J connectivity index is 0.00000253. The van der Waals surface area contributed by atoms with Crippen molar-refractivity contribution in [1.29, 1.82) is 0 Å². The van der Waals surface area contributed by atoms with Crippen LogP contribution in [0.15, 0.2) is 36.4 Å². The summed E-state index contributed by atoms with van der Waals surface area (Å²) in [7, 11) is 0. The standard InChI is InChI=1S/C21H18F6O9.2CH4/c22-19(23,34-7-5-28-13-1-3-15-17(9-13)32-11-30-15)20(24,25)36-21(26,27)35-8-6-29-14-2-4-16-18(10-14)33-12-31-16;;/h1-4,9-10H,5-8,11-12H2;2*1H4. The van der Waals surface area contributed by atoms with Gasteiger partial charge < -0.3 is 33.2 Å². The van der Waals surface area contributed by atoms with Gasteiger partial charge >= 0.3 is 18.5 Å². The Morgan fingerprint density at radius 2 is 1.03 bits per heavy atom. The molecule has 0 saturated carbocycles. The Morgan fingerprint density at radius 1 is 0.579 bits per heavy atom. The summed E-state index contributed by atoms with van der Waals surface area (Å²) < 4.78 is 123. The summed E-state index contributed by atoms with van der Waals surface area (Å²) in [6, 6.07) is 8.62. The highest BCUT2D eigenvalue weighted by atomic mass is 19.3. The van der Waals surface area contributed by atoms with E-state index in [2.05, 4.69) is 14.2 Å². The van der Waals surface area contributed by atoms with Gasteiger partial charge in [0.25, 0.3) is 0 Å². The lowest BCUT2D eigenvalue weighted by molar-refractivity contribution is -0.526. The Labute approximate surface area is 214 Å². The van der Waals surface area contributed by atoms with Gasteiger partial charge in [-0.05, 0) is 24.3 Å². The molecule has 2 aliphatic rings. The predicted molar refractivity (Wildman–Crippen MR) is 117 cm³/mol. The first kappa shape index (κ1) is 30.9. The number of ether oxygens (including phenoxy) is 9. The van der Waals surface area contributed by atoms with Gasteiger partial charge in [-0.2, -0.15) is 17.6 Å². The van der Waals surface area contributed by atoms with Crippen molar-refractivity contribution in [3.63, 3.8) is 0 Å². The van der Waals surface area contributed by atoms with Crippen LogP contribution in [0.3, 0.4) is 0 Å². The van der Waals surface area contributed by atoms with Gasteiger partial charge in [-0.3, -0.25) is 4.74 Å². The summed E-state index contributed by atoms with van der Waals surface area (Å²) in [5, 5.41) is 0. The van der Waals surface area contributed by atoms with E-state index in [0.717, 1.165) is 0 Å². The van der Waals surface area contributed by atoms with E-state index in [1.54, 1.807) is 0 Å². The molecular weight excluding hydrogens is 534 g/mol. The Morgan fingerprint density at radius 3 is 1.53 bits per heavy atom. The van der Waals surface area contributed by atoms with E-state index in [9.17, 15) is 26.3 Å². The van der Waals surface area contributed by atoms with E-state index in [4.69, 9.17) is 28.4 Å². The Hall–Kier alpha value is -3.30. The van der Waals surface area contributed by atoms with Crippen molar-refractivity contribution in [2.24, 2.45) is 0 Å². The van der Waals surface area contributed by atoms with Gasteiger partial charge in [0.05, 0.1) is 13.2 Å². The van der Waals surface area contributed by atoms with E-state index in [1.165, 1.54) is 36.4 Å². The molecule has 0 saturated heterocycles. The molecule has 2 aliphatic heterocycles. The summed E-state index contributed by atoms with van der Waals surface area (Å²) in [5.74, 6) is 1.90. The smallest absolute Gasteiger partial charge is 0.490 e. The van der Waals surface area contributed by atoms with Crippen LogP contribution in [0.25, 0.3) is 0 Å². The number of benzene rings is 2. The maximum Gasteiger partial charge on any atom is 0.490 e. The Bertz CT molecular complexity index is 1050. The molecule has 2 aromatic rings. The third-order valence-electron chi connectivity index (χ3n) is 4.53. The number of halogens is 6. The van der Waals surface area contributed by atoms with Crippen molar-refractivity contribution >= 4 is 0 Å². The fourth-order valence-electron chi connectivity index (χ4n) is 2.90. The molecule has 4 rings (SSSR count). The van der Waals surface area contributed by atoms with Crippen LogP contribution in [0.2, 0.25) is 0 Å². The molecule has 0 fully saturated rings. The average Bonchev–Trinajstić information content (AvgIpc) is 3.47. The molecule has 214 valence electrons. The number of fused-ring (bicyclic) bond motifs is 2. The number of hydrogen-bond donors (Lipinski definition) is 0. The highest BCUT2D eigenvalue weighted by Gasteiger charge is 2.64. The monoisotopic (exact) mass is 560 g/mol. The van der Waals surface area contributed by atoms with Gasteiger partial charge in [0.2, 0.25) is 13.6 Å². The minimum absolute atomic E-state index is 0. The number of hydrogen-bond acceptors (Lipinski definition) is 9. The van der Waals surface area contributed by atoms with Crippen LogP contribution in [-0.4, -0.2) is 58.5 Å². The summed E-state index contributed by atoms with van der Waals surface area (Å²) >= 11 is 0. The lowest BCUT2D eigenvalue weighted by Crippen LogP contribution is -2.50. The fourth-order valence-corrected chi connectivity index (χ4v) is 2.90. The topological polar surface area (TPSA) is 83.1 Å². The van der Waals surface area contributed by atoms with Gasteiger partial charge in [-0.1, -0.05) is 14.9 Å². The molecule has 38 heavy (non-hydrogen) atoms. The van der Waals surface area contributed by atoms with Crippen molar-refractivity contribution in [2.75, 3.05) is 40.0 Å². The average molecular weight is 560 g/mol. The minimum atomic E-state index is -5.74. The third kappa shape index (κ3) is 7.61. The molecule has 0 N–H and O–H groups in total. The van der Waals surface area contributed by atoms with Crippen LogP contribution >= 0.6 is 0 Å². The van der Waals surface area contributed by atoms with E-state index in [0.29, 0.717) is 23.0 Å². The fraction of sp³-hybridized carbons (Fsp3) is 0.478. The second kappa shape index (κ2) is 12.5. The van der Waals surface area contributed by atoms with Crippen LogP contribution in [0.1, 0.15) is 14.9 Å². The first-order valence-corrected chi connectivity index (χ1v) is 10.2. The van der Waals surface area contributed by atoms with Crippen molar-refractivity contribution in [2.45, 2.75) is 33.4 Å². The van der Waals surface area contributed by atoms with E-state index in [1.807, 2.05) is 0 Å². The second-order valence-corrected chi connectivity index (χ2v) is 7.02. The quantitative estimate of drug-likeness (QED) is 0.175. The minimum Gasteiger partial charge on any atom is -0.491 e. The molecule has 0 spiro atoms. The largest absolute Gasteiger partial charge is 0.491 e. The molecule has 0 radical (unpaired) electrons. The molecule has 15 heteroatoms. The molecule has 2 aromatic carbocycles. The van der Waals surface area contributed by atoms with Crippen molar-refractivity contribution in [3.8, 4) is 34.5 Å². The molecule has 0 amide bonds. The van der Waals surface area contributed by atoms with Crippen molar-refractivity contribution in [1.82, 2.24) is 0 Å². The van der Waals surface area contributed by atoms with Gasteiger partial charge in [-0.25, -0.2) is 4.74 Å². The zero-order chi connectivity index (χ0) is 25.8. The van der Waals surface area contributed by atoms with E-state index < -0.39 is 44.9 Å². The predicted octanol–water partition coefficient (Wildman–Crippen LogP) is 5.66. The van der Waals surface area contributed by atoms with Crippen LogP contribution in [0.4, 0.5) is 26.3 Å². The molecular formula is C23H26F6O9. The normalized spacial score (nSPS) is 13.9. The maximum atomic E-state index is 13.7. The molecule has 2 heterocycles. The first-order chi connectivity index (χ1) is 17.0. The van der Waals surface area contributed by atoms with Gasteiger partial charge in [0, 0.05) is 12.1 Å². The van der Waals surface area contributed by atoms with Gasteiger partial charge in [0.15, 0.2) is 23.0 Å². The van der Waals surface area contributed by atoms with Gasteiger partial charge in [0.1, 0.15) is 24.7 Å². The van der Waals surface area contributed by atoms with Crippen LogP contribution in [0, 0.1) is 0 Å². The van der Waals surface area contributed by atoms with Gasteiger partial charge in [-0.15, -0.1) is 8.78 Å². The van der Waals surface area contributed by atoms with Crippen LogP contribution in [0.5, 0.6) is 34.5 Å². The van der Waals surface area contributed by atoms with Crippen molar-refractivity contribution in [3.05, 3.63) is 36.4 Å². The summed E-state index contributed by atoms with van der Waals surface area (Å²) in [5.41, 5.74) is 0. The highest BCUT2D eigenvalue weighted by Crippen LogP contribution is 2.41. The zero-order valence-corrected chi connectivity index (χ0v) is 18.1. The molecule has 0 atom stereocenters. The molecule has 9 nitrogen and oxygen atoms in total. The number of alkyl halides is 6. The molecule has 0 bridgehead atoms. The summed E-state index contributed by atoms with van der Waals surface area (Å²) in [6.07, 6.45) is -16.3. The summed E-state index contributed by atoms with van der Waals surface area (Å²) in [6.45, 7) is -3.24. The highest BCUT2D eigenvalue weighted by molar-refractivity contribution is 5.47.